The molecule has 2 atom stereocenters. The van der Waals surface area contributed by atoms with E-state index in [0.717, 1.165) is 62.0 Å². The second-order valence-electron chi connectivity index (χ2n) is 8.03. The number of amides is 1. The molecule has 8 nitrogen and oxygen atoms in total. The van der Waals surface area contributed by atoms with Crippen LogP contribution in [-0.4, -0.2) is 57.3 Å². The van der Waals surface area contributed by atoms with E-state index in [-0.39, 0.29) is 23.9 Å². The summed E-state index contributed by atoms with van der Waals surface area (Å²) >= 11 is 1.85. The van der Waals surface area contributed by atoms with Gasteiger partial charge < -0.3 is 20.5 Å². The first-order valence-electron chi connectivity index (χ1n) is 10.6. The van der Waals surface area contributed by atoms with Gasteiger partial charge in [0.15, 0.2) is 11.8 Å². The number of aryl methyl sites for hydroxylation is 1. The quantitative estimate of drug-likeness (QED) is 0.319. The third-order valence-electron chi connectivity index (χ3n) is 5.20. The van der Waals surface area contributed by atoms with Crippen LogP contribution in [0.15, 0.2) is 4.99 Å². The van der Waals surface area contributed by atoms with Crippen molar-refractivity contribution in [3.8, 4) is 0 Å². The van der Waals surface area contributed by atoms with E-state index in [9.17, 15) is 4.79 Å². The number of guanidine groups is 1. The normalized spacial score (nSPS) is 20.0. The highest BCUT2D eigenvalue weighted by Crippen LogP contribution is 2.24. The molecule has 1 aromatic heterocycles. The molecule has 0 bridgehead atoms. The molecule has 1 saturated carbocycles. The van der Waals surface area contributed by atoms with Gasteiger partial charge in [0, 0.05) is 31.6 Å². The van der Waals surface area contributed by atoms with Crippen LogP contribution >= 0.6 is 11.8 Å². The average Bonchev–Trinajstić information content (AvgIpc) is 3.01. The molecule has 0 aliphatic heterocycles. The second kappa shape index (κ2) is 12.0. The highest BCUT2D eigenvalue weighted by molar-refractivity contribution is 7.98. The summed E-state index contributed by atoms with van der Waals surface area (Å²) in [5, 5.41) is 18.4. The molecule has 1 aliphatic carbocycles. The van der Waals surface area contributed by atoms with Gasteiger partial charge in [-0.1, -0.05) is 6.42 Å². The fourth-order valence-corrected chi connectivity index (χ4v) is 3.90. The van der Waals surface area contributed by atoms with E-state index in [0.29, 0.717) is 6.54 Å². The van der Waals surface area contributed by atoms with Gasteiger partial charge in [0.1, 0.15) is 12.4 Å². The van der Waals surface area contributed by atoms with Crippen LogP contribution in [0.3, 0.4) is 0 Å². The number of aliphatic imine (C=N–C) groups is 1. The molecule has 1 aliphatic rings. The number of thioether (sulfide) groups is 1. The Morgan fingerprint density at radius 1 is 1.34 bits per heavy atom. The van der Waals surface area contributed by atoms with E-state index < -0.39 is 0 Å². The summed E-state index contributed by atoms with van der Waals surface area (Å²) in [6.45, 7) is 7.29. The molecular weight excluding hydrogens is 386 g/mol. The SMILES string of the molecule is CSCCCNC(=NCc1nnc(C)n1C)NC1CCCC(C(=O)NC(C)C)C1. The molecule has 1 heterocycles. The minimum atomic E-state index is 0.0720. The van der Waals surface area contributed by atoms with Crippen LogP contribution in [0.2, 0.25) is 0 Å². The minimum Gasteiger partial charge on any atom is -0.356 e. The van der Waals surface area contributed by atoms with Crippen molar-refractivity contribution in [2.45, 2.75) is 71.5 Å². The fourth-order valence-electron chi connectivity index (χ4n) is 3.47. The van der Waals surface area contributed by atoms with Crippen LogP contribution in [0.25, 0.3) is 0 Å². The minimum absolute atomic E-state index is 0.0720. The summed E-state index contributed by atoms with van der Waals surface area (Å²) in [5.41, 5.74) is 0. The van der Waals surface area contributed by atoms with Gasteiger partial charge in [-0.2, -0.15) is 11.8 Å². The molecule has 1 fully saturated rings. The van der Waals surface area contributed by atoms with Crippen molar-refractivity contribution in [1.29, 1.82) is 0 Å². The monoisotopic (exact) mass is 423 g/mol. The van der Waals surface area contributed by atoms with E-state index >= 15 is 0 Å². The number of aromatic nitrogens is 3. The molecule has 3 N–H and O–H groups in total. The maximum absolute atomic E-state index is 12.4. The van der Waals surface area contributed by atoms with Crippen molar-refractivity contribution >= 4 is 23.6 Å². The van der Waals surface area contributed by atoms with Crippen molar-refractivity contribution in [3.05, 3.63) is 11.6 Å². The third-order valence-corrected chi connectivity index (χ3v) is 5.89. The zero-order valence-electron chi connectivity index (χ0n) is 18.5. The summed E-state index contributed by atoms with van der Waals surface area (Å²) in [6, 6.07) is 0.431. The average molecular weight is 424 g/mol. The fraction of sp³-hybridized carbons (Fsp3) is 0.800. The Labute approximate surface area is 179 Å². The first kappa shape index (κ1) is 23.5. The summed E-state index contributed by atoms with van der Waals surface area (Å²) < 4.78 is 1.96. The van der Waals surface area contributed by atoms with Crippen LogP contribution in [0, 0.1) is 12.8 Å². The van der Waals surface area contributed by atoms with Crippen molar-refractivity contribution < 1.29 is 4.79 Å². The predicted molar refractivity (Wildman–Crippen MR) is 120 cm³/mol. The predicted octanol–water partition coefficient (Wildman–Crippen LogP) is 2.00. The van der Waals surface area contributed by atoms with Crippen LogP contribution in [0.1, 0.15) is 57.6 Å². The molecule has 0 aromatic carbocycles. The summed E-state index contributed by atoms with van der Waals surface area (Å²) in [4.78, 5) is 17.2. The van der Waals surface area contributed by atoms with Crippen molar-refractivity contribution in [1.82, 2.24) is 30.7 Å². The standard InChI is InChI=1S/C20H37N7OS/c1-14(2)23-19(28)16-8-6-9-17(12-16)24-20(21-10-7-11-29-5)22-13-18-26-25-15(3)27(18)4/h14,16-17H,6-13H2,1-5H3,(H,23,28)(H2,21,22,24). The number of hydrogen-bond donors (Lipinski definition) is 3. The van der Waals surface area contributed by atoms with Gasteiger partial charge in [-0.15, -0.1) is 10.2 Å². The molecule has 29 heavy (non-hydrogen) atoms. The van der Waals surface area contributed by atoms with Gasteiger partial charge >= 0.3 is 0 Å². The number of nitrogens with zero attached hydrogens (tertiary/aromatic N) is 4. The van der Waals surface area contributed by atoms with Gasteiger partial charge in [-0.25, -0.2) is 4.99 Å². The molecule has 1 amide bonds. The lowest BCUT2D eigenvalue weighted by atomic mass is 9.85. The molecule has 1 aromatic rings. The third kappa shape index (κ3) is 7.87. The second-order valence-corrected chi connectivity index (χ2v) is 9.01. The number of carbonyl (C=O) groups excluding carboxylic acids is 1. The van der Waals surface area contributed by atoms with Crippen molar-refractivity contribution in [2.75, 3.05) is 18.6 Å². The Morgan fingerprint density at radius 2 is 2.14 bits per heavy atom. The molecule has 0 radical (unpaired) electrons. The largest absolute Gasteiger partial charge is 0.356 e. The Bertz CT molecular complexity index is 674. The van der Waals surface area contributed by atoms with Gasteiger partial charge in [0.05, 0.1) is 0 Å². The molecular formula is C20H37N7OS. The Morgan fingerprint density at radius 3 is 2.79 bits per heavy atom. The lowest BCUT2D eigenvalue weighted by Crippen LogP contribution is -2.47. The van der Waals surface area contributed by atoms with Gasteiger partial charge in [0.25, 0.3) is 0 Å². The van der Waals surface area contributed by atoms with Crippen LogP contribution in [-0.2, 0) is 18.4 Å². The Balaban J connectivity index is 1.98. The van der Waals surface area contributed by atoms with Crippen LogP contribution in [0.5, 0.6) is 0 Å². The number of carbonyl (C=O) groups is 1. The number of rotatable bonds is 9. The molecule has 0 spiro atoms. The topological polar surface area (TPSA) is 96.2 Å². The van der Waals surface area contributed by atoms with Crippen molar-refractivity contribution in [2.24, 2.45) is 18.0 Å². The Kier molecular flexibility index (Phi) is 9.76. The Hall–Kier alpha value is -1.77. The first-order valence-corrected chi connectivity index (χ1v) is 12.0. The highest BCUT2D eigenvalue weighted by atomic mass is 32.2. The zero-order chi connectivity index (χ0) is 21.2. The molecule has 0 saturated heterocycles. The molecule has 9 heteroatoms. The maximum Gasteiger partial charge on any atom is 0.223 e. The van der Waals surface area contributed by atoms with Gasteiger partial charge in [-0.3, -0.25) is 4.79 Å². The van der Waals surface area contributed by atoms with E-state index in [1.807, 2.05) is 44.1 Å². The van der Waals surface area contributed by atoms with Crippen LogP contribution in [0.4, 0.5) is 0 Å². The zero-order valence-corrected chi connectivity index (χ0v) is 19.3. The molecule has 2 unspecified atom stereocenters. The summed E-state index contributed by atoms with van der Waals surface area (Å²) in [6.07, 6.45) is 7.11. The van der Waals surface area contributed by atoms with E-state index in [4.69, 9.17) is 4.99 Å². The number of nitrogens with one attached hydrogen (secondary N) is 3. The highest BCUT2D eigenvalue weighted by Gasteiger charge is 2.28. The summed E-state index contributed by atoms with van der Waals surface area (Å²) in [5.74, 6) is 3.87. The smallest absolute Gasteiger partial charge is 0.223 e. The first-order chi connectivity index (χ1) is 13.9. The number of hydrogen-bond acceptors (Lipinski definition) is 5. The summed E-state index contributed by atoms with van der Waals surface area (Å²) in [7, 11) is 1.96. The lowest BCUT2D eigenvalue weighted by Gasteiger charge is -2.30. The maximum atomic E-state index is 12.4. The lowest BCUT2D eigenvalue weighted by molar-refractivity contribution is -0.126. The van der Waals surface area contributed by atoms with Gasteiger partial charge in [-0.05, 0) is 58.5 Å². The van der Waals surface area contributed by atoms with E-state index in [1.165, 1.54) is 0 Å². The van der Waals surface area contributed by atoms with E-state index in [2.05, 4.69) is 32.4 Å². The van der Waals surface area contributed by atoms with Gasteiger partial charge in [0.2, 0.25) is 5.91 Å². The van der Waals surface area contributed by atoms with E-state index in [1.54, 1.807) is 0 Å². The molecule has 164 valence electrons. The van der Waals surface area contributed by atoms with Crippen LogP contribution < -0.4 is 16.0 Å². The van der Waals surface area contributed by atoms with Crippen molar-refractivity contribution in [3.63, 3.8) is 0 Å². The molecule has 2 rings (SSSR count).